The van der Waals surface area contributed by atoms with Gasteiger partial charge >= 0.3 is 0 Å². The van der Waals surface area contributed by atoms with Crippen LogP contribution in [0, 0.1) is 5.92 Å². The van der Waals surface area contributed by atoms with Crippen LogP contribution in [0.4, 0.5) is 5.69 Å². The van der Waals surface area contributed by atoms with Crippen LogP contribution in [0.5, 0.6) is 5.75 Å². The minimum Gasteiger partial charge on any atom is -0.494 e. The Balaban J connectivity index is 2.04. The lowest BCUT2D eigenvalue weighted by atomic mass is 10.0. The highest BCUT2D eigenvalue weighted by molar-refractivity contribution is 6.01. The summed E-state index contributed by atoms with van der Waals surface area (Å²) in [5.74, 6) is 0.0792. The summed E-state index contributed by atoms with van der Waals surface area (Å²) in [4.78, 5) is 28.8. The molecule has 0 radical (unpaired) electrons. The SMILES string of the molecule is CCOc1ccc(C(=O)NC(C(=O)Nc2ccncc2)C(C)C)cc1. The first-order valence-corrected chi connectivity index (χ1v) is 8.26. The number of nitrogens with one attached hydrogen (secondary N) is 2. The number of carbonyl (C=O) groups excluding carboxylic acids is 2. The summed E-state index contributed by atoms with van der Waals surface area (Å²) in [5, 5.41) is 5.59. The first kappa shape index (κ1) is 18.4. The van der Waals surface area contributed by atoms with E-state index in [0.717, 1.165) is 0 Å². The number of pyridine rings is 1. The maximum absolute atomic E-state index is 12.5. The molecule has 2 amide bonds. The Bertz CT molecular complexity index is 700. The topological polar surface area (TPSA) is 80.3 Å². The van der Waals surface area contributed by atoms with Crippen molar-refractivity contribution >= 4 is 17.5 Å². The van der Waals surface area contributed by atoms with Gasteiger partial charge in [0.05, 0.1) is 6.61 Å². The van der Waals surface area contributed by atoms with E-state index in [4.69, 9.17) is 4.74 Å². The van der Waals surface area contributed by atoms with Gasteiger partial charge in [-0.25, -0.2) is 0 Å². The van der Waals surface area contributed by atoms with Gasteiger partial charge in [-0.3, -0.25) is 14.6 Å². The number of rotatable bonds is 7. The summed E-state index contributed by atoms with van der Waals surface area (Å²) >= 11 is 0. The molecule has 0 aliphatic heterocycles. The Kier molecular flexibility index (Phi) is 6.51. The van der Waals surface area contributed by atoms with Crippen LogP contribution in [0.3, 0.4) is 0 Å². The number of nitrogens with zero attached hydrogens (tertiary/aromatic N) is 1. The molecule has 0 bridgehead atoms. The van der Waals surface area contributed by atoms with E-state index in [1.165, 1.54) is 0 Å². The molecule has 1 aromatic carbocycles. The van der Waals surface area contributed by atoms with Crippen LogP contribution >= 0.6 is 0 Å². The van der Waals surface area contributed by atoms with Crippen molar-refractivity contribution in [3.8, 4) is 5.75 Å². The Morgan fingerprint density at radius 1 is 1.08 bits per heavy atom. The molecule has 2 rings (SSSR count). The van der Waals surface area contributed by atoms with Crippen molar-refractivity contribution in [2.24, 2.45) is 5.92 Å². The number of aromatic nitrogens is 1. The third kappa shape index (κ3) is 5.31. The van der Waals surface area contributed by atoms with Gasteiger partial charge in [-0.15, -0.1) is 0 Å². The van der Waals surface area contributed by atoms with E-state index in [2.05, 4.69) is 15.6 Å². The first-order valence-electron chi connectivity index (χ1n) is 8.26. The number of anilines is 1. The molecule has 6 nitrogen and oxygen atoms in total. The van der Waals surface area contributed by atoms with Crippen LogP contribution in [-0.4, -0.2) is 29.4 Å². The molecule has 1 atom stereocenters. The first-order chi connectivity index (χ1) is 12.0. The molecule has 2 aromatic rings. The van der Waals surface area contributed by atoms with E-state index in [0.29, 0.717) is 23.6 Å². The van der Waals surface area contributed by atoms with Gasteiger partial charge in [0.2, 0.25) is 5.91 Å². The third-order valence-corrected chi connectivity index (χ3v) is 3.61. The van der Waals surface area contributed by atoms with Crippen molar-refractivity contribution in [1.29, 1.82) is 0 Å². The van der Waals surface area contributed by atoms with E-state index in [-0.39, 0.29) is 17.7 Å². The fraction of sp³-hybridized carbons (Fsp3) is 0.316. The Morgan fingerprint density at radius 3 is 2.28 bits per heavy atom. The molecular weight excluding hydrogens is 318 g/mol. The fourth-order valence-corrected chi connectivity index (χ4v) is 2.28. The van der Waals surface area contributed by atoms with Crippen LogP contribution in [0.25, 0.3) is 0 Å². The second-order valence-corrected chi connectivity index (χ2v) is 5.88. The van der Waals surface area contributed by atoms with Crippen molar-refractivity contribution in [3.05, 3.63) is 54.4 Å². The predicted octanol–water partition coefficient (Wildman–Crippen LogP) is 2.87. The van der Waals surface area contributed by atoms with Gasteiger partial charge in [0.1, 0.15) is 11.8 Å². The zero-order valence-electron chi connectivity index (χ0n) is 14.7. The minimum absolute atomic E-state index is 0.0616. The van der Waals surface area contributed by atoms with Crippen LogP contribution in [0.1, 0.15) is 31.1 Å². The van der Waals surface area contributed by atoms with Gasteiger partial charge in [-0.05, 0) is 49.2 Å². The smallest absolute Gasteiger partial charge is 0.251 e. The van der Waals surface area contributed by atoms with Crippen molar-refractivity contribution in [1.82, 2.24) is 10.3 Å². The number of hydrogen-bond donors (Lipinski definition) is 2. The summed E-state index contributed by atoms with van der Waals surface area (Å²) in [6.45, 7) is 6.23. The van der Waals surface area contributed by atoms with E-state index >= 15 is 0 Å². The second-order valence-electron chi connectivity index (χ2n) is 5.88. The van der Waals surface area contributed by atoms with Crippen molar-refractivity contribution in [2.45, 2.75) is 26.8 Å². The molecule has 0 aliphatic carbocycles. The lowest BCUT2D eigenvalue weighted by Crippen LogP contribution is -2.47. The number of benzene rings is 1. The van der Waals surface area contributed by atoms with E-state index in [1.54, 1.807) is 48.8 Å². The van der Waals surface area contributed by atoms with Gasteiger partial charge in [0.25, 0.3) is 5.91 Å². The summed E-state index contributed by atoms with van der Waals surface area (Å²) in [7, 11) is 0. The highest BCUT2D eigenvalue weighted by Gasteiger charge is 2.24. The Hall–Kier alpha value is -2.89. The molecule has 0 saturated carbocycles. The van der Waals surface area contributed by atoms with E-state index < -0.39 is 6.04 Å². The van der Waals surface area contributed by atoms with Gasteiger partial charge in [0.15, 0.2) is 0 Å². The van der Waals surface area contributed by atoms with E-state index in [1.807, 2.05) is 20.8 Å². The highest BCUT2D eigenvalue weighted by Crippen LogP contribution is 2.13. The molecule has 1 heterocycles. The zero-order chi connectivity index (χ0) is 18.2. The average Bonchev–Trinajstić information content (AvgIpc) is 2.61. The quantitative estimate of drug-likeness (QED) is 0.811. The van der Waals surface area contributed by atoms with Crippen LogP contribution in [-0.2, 0) is 4.79 Å². The molecule has 25 heavy (non-hydrogen) atoms. The number of hydrogen-bond acceptors (Lipinski definition) is 4. The van der Waals surface area contributed by atoms with Crippen LogP contribution in [0.2, 0.25) is 0 Å². The van der Waals surface area contributed by atoms with Gasteiger partial charge in [-0.1, -0.05) is 13.8 Å². The molecule has 132 valence electrons. The normalized spacial score (nSPS) is 11.7. The minimum atomic E-state index is -0.646. The number of amides is 2. The third-order valence-electron chi connectivity index (χ3n) is 3.61. The molecule has 0 fully saturated rings. The second kappa shape index (κ2) is 8.82. The standard InChI is InChI=1S/C19H23N3O3/c1-4-25-16-7-5-14(6-8-16)18(23)22-17(13(2)3)19(24)21-15-9-11-20-12-10-15/h5-13,17H,4H2,1-3H3,(H,22,23)(H,20,21,24). The lowest BCUT2D eigenvalue weighted by molar-refractivity contribution is -0.118. The molecule has 0 aliphatic rings. The monoisotopic (exact) mass is 341 g/mol. The Morgan fingerprint density at radius 2 is 1.72 bits per heavy atom. The summed E-state index contributed by atoms with van der Waals surface area (Å²) in [5.41, 5.74) is 1.12. The summed E-state index contributed by atoms with van der Waals surface area (Å²) < 4.78 is 5.36. The number of carbonyl (C=O) groups is 2. The van der Waals surface area contributed by atoms with Gasteiger partial charge in [-0.2, -0.15) is 0 Å². The molecule has 1 aromatic heterocycles. The van der Waals surface area contributed by atoms with E-state index in [9.17, 15) is 9.59 Å². The summed E-state index contributed by atoms with van der Waals surface area (Å²) in [6.07, 6.45) is 3.19. The molecule has 0 spiro atoms. The molecule has 1 unspecified atom stereocenters. The maximum Gasteiger partial charge on any atom is 0.251 e. The molecule has 0 saturated heterocycles. The molecule has 6 heteroatoms. The van der Waals surface area contributed by atoms with Gasteiger partial charge < -0.3 is 15.4 Å². The molecular formula is C19H23N3O3. The maximum atomic E-state index is 12.5. The van der Waals surface area contributed by atoms with Gasteiger partial charge in [0, 0.05) is 23.6 Å². The van der Waals surface area contributed by atoms with Crippen molar-refractivity contribution < 1.29 is 14.3 Å². The van der Waals surface area contributed by atoms with Crippen LogP contribution < -0.4 is 15.4 Å². The molecule has 2 N–H and O–H groups in total. The van der Waals surface area contributed by atoms with Crippen molar-refractivity contribution in [3.63, 3.8) is 0 Å². The van der Waals surface area contributed by atoms with Crippen LogP contribution in [0.15, 0.2) is 48.8 Å². The summed E-state index contributed by atoms with van der Waals surface area (Å²) in [6, 6.07) is 9.58. The predicted molar refractivity (Wildman–Crippen MR) is 96.6 cm³/mol. The van der Waals surface area contributed by atoms with Crippen molar-refractivity contribution in [2.75, 3.05) is 11.9 Å². The number of ether oxygens (including phenoxy) is 1. The zero-order valence-corrected chi connectivity index (χ0v) is 14.7. The fourth-order valence-electron chi connectivity index (χ4n) is 2.28. The Labute approximate surface area is 147 Å². The lowest BCUT2D eigenvalue weighted by Gasteiger charge is -2.21. The highest BCUT2D eigenvalue weighted by atomic mass is 16.5. The average molecular weight is 341 g/mol. The largest absolute Gasteiger partial charge is 0.494 e.